The molecular weight excluding hydrogens is 208 g/mol. The summed E-state index contributed by atoms with van der Waals surface area (Å²) in [6.07, 6.45) is 1.18. The Morgan fingerprint density at radius 1 is 1.60 bits per heavy atom. The molecule has 2 saturated heterocycles. The van der Waals surface area contributed by atoms with E-state index in [2.05, 4.69) is 24.2 Å². The second-order valence-corrected chi connectivity index (χ2v) is 5.69. The fraction of sp³-hybridized carbons (Fsp3) is 0.909. The molecule has 86 valence electrons. The largest absolute Gasteiger partial charge is 0.381 e. The predicted molar refractivity (Wildman–Crippen MR) is 65.4 cm³/mol. The molecule has 0 aromatic rings. The Balaban J connectivity index is 1.77. The van der Waals surface area contributed by atoms with Crippen molar-refractivity contribution < 1.29 is 4.74 Å². The number of hydrogen-bond donors (Lipinski definition) is 1. The van der Waals surface area contributed by atoms with Gasteiger partial charge in [0.25, 0.3) is 0 Å². The van der Waals surface area contributed by atoms with Crippen molar-refractivity contribution in [2.45, 2.75) is 26.3 Å². The maximum absolute atomic E-state index is 5.34. The van der Waals surface area contributed by atoms with E-state index in [1.54, 1.807) is 0 Å². The van der Waals surface area contributed by atoms with E-state index in [1.165, 1.54) is 6.42 Å². The number of ether oxygens (including phenoxy) is 1. The van der Waals surface area contributed by atoms with Gasteiger partial charge < -0.3 is 10.1 Å². The van der Waals surface area contributed by atoms with Crippen LogP contribution in [0.1, 0.15) is 20.3 Å². The van der Waals surface area contributed by atoms with Gasteiger partial charge in [-0.25, -0.2) is 0 Å². The van der Waals surface area contributed by atoms with Gasteiger partial charge >= 0.3 is 0 Å². The number of hydrogen-bond acceptors (Lipinski definition) is 3. The smallest absolute Gasteiger partial charge is 0.156 e. The van der Waals surface area contributed by atoms with E-state index in [0.29, 0.717) is 17.9 Å². The van der Waals surface area contributed by atoms with E-state index in [9.17, 15) is 0 Å². The summed E-state index contributed by atoms with van der Waals surface area (Å²) in [4.78, 5) is 4.63. The van der Waals surface area contributed by atoms with E-state index in [4.69, 9.17) is 4.74 Å². The van der Waals surface area contributed by atoms with Crippen molar-refractivity contribution >= 4 is 16.9 Å². The minimum atomic E-state index is 0.605. The maximum Gasteiger partial charge on any atom is 0.156 e. The lowest BCUT2D eigenvalue weighted by atomic mass is 10.1. The topological polar surface area (TPSA) is 33.6 Å². The van der Waals surface area contributed by atoms with Crippen LogP contribution in [0.5, 0.6) is 0 Å². The first-order valence-corrected chi connectivity index (χ1v) is 6.76. The van der Waals surface area contributed by atoms with Crippen LogP contribution in [0, 0.1) is 11.8 Å². The zero-order valence-electron chi connectivity index (χ0n) is 9.53. The molecule has 2 heterocycles. The summed E-state index contributed by atoms with van der Waals surface area (Å²) >= 11 is 1.86. The minimum absolute atomic E-state index is 0.605. The van der Waals surface area contributed by atoms with Gasteiger partial charge in [0, 0.05) is 30.9 Å². The van der Waals surface area contributed by atoms with Gasteiger partial charge in [-0.2, -0.15) is 0 Å². The van der Waals surface area contributed by atoms with Crippen molar-refractivity contribution in [3.8, 4) is 0 Å². The van der Waals surface area contributed by atoms with Crippen LogP contribution in [0.4, 0.5) is 0 Å². The van der Waals surface area contributed by atoms with Gasteiger partial charge in [0.15, 0.2) is 5.17 Å². The first-order chi connectivity index (χ1) is 7.25. The molecule has 1 N–H and O–H groups in total. The lowest BCUT2D eigenvalue weighted by molar-refractivity contribution is 0.187. The summed E-state index contributed by atoms with van der Waals surface area (Å²) < 4.78 is 5.34. The Bertz CT molecular complexity index is 237. The molecule has 4 heteroatoms. The van der Waals surface area contributed by atoms with Crippen molar-refractivity contribution in [1.82, 2.24) is 5.32 Å². The lowest BCUT2D eigenvalue weighted by Crippen LogP contribution is -2.31. The Kier molecular flexibility index (Phi) is 3.92. The van der Waals surface area contributed by atoms with Crippen molar-refractivity contribution in [2.75, 3.05) is 25.5 Å². The minimum Gasteiger partial charge on any atom is -0.381 e. The third-order valence-corrected chi connectivity index (χ3v) is 4.08. The van der Waals surface area contributed by atoms with Gasteiger partial charge in [0.05, 0.1) is 6.61 Å². The van der Waals surface area contributed by atoms with Gasteiger partial charge in [0.2, 0.25) is 0 Å². The van der Waals surface area contributed by atoms with Crippen LogP contribution in [0.3, 0.4) is 0 Å². The molecule has 0 aromatic carbocycles. The van der Waals surface area contributed by atoms with Gasteiger partial charge in [-0.3, -0.25) is 4.99 Å². The summed E-state index contributed by atoms with van der Waals surface area (Å²) in [6.45, 7) is 7.26. The summed E-state index contributed by atoms with van der Waals surface area (Å²) in [5.74, 6) is 2.51. The van der Waals surface area contributed by atoms with Crippen LogP contribution in [0.25, 0.3) is 0 Å². The van der Waals surface area contributed by atoms with Crippen molar-refractivity contribution in [3.05, 3.63) is 0 Å². The molecule has 0 amide bonds. The second-order valence-electron chi connectivity index (χ2n) is 4.68. The van der Waals surface area contributed by atoms with Crippen LogP contribution >= 0.6 is 11.8 Å². The molecule has 2 atom stereocenters. The number of nitrogens with one attached hydrogen (secondary N) is 1. The number of amidine groups is 1. The molecule has 0 radical (unpaired) electrons. The molecular formula is C11H20N2OS. The summed E-state index contributed by atoms with van der Waals surface area (Å²) in [5.41, 5.74) is 0. The summed E-state index contributed by atoms with van der Waals surface area (Å²) in [7, 11) is 0. The normalized spacial score (nSPS) is 33.9. The zero-order chi connectivity index (χ0) is 10.7. The van der Waals surface area contributed by atoms with Crippen LogP contribution in [-0.4, -0.2) is 36.7 Å². The zero-order valence-corrected chi connectivity index (χ0v) is 10.3. The predicted octanol–water partition coefficient (Wildman–Crippen LogP) is 1.74. The third-order valence-electron chi connectivity index (χ3n) is 3.03. The van der Waals surface area contributed by atoms with Crippen LogP contribution in [-0.2, 0) is 4.74 Å². The molecule has 0 spiro atoms. The van der Waals surface area contributed by atoms with E-state index >= 15 is 0 Å². The Hall–Kier alpha value is -0.220. The van der Waals surface area contributed by atoms with E-state index < -0.39 is 0 Å². The molecule has 2 unspecified atom stereocenters. The average Bonchev–Trinajstić information content (AvgIpc) is 2.86. The first kappa shape index (κ1) is 11.3. The molecule has 2 aliphatic heterocycles. The molecule has 15 heavy (non-hydrogen) atoms. The van der Waals surface area contributed by atoms with Crippen molar-refractivity contribution in [1.29, 1.82) is 0 Å². The Morgan fingerprint density at radius 2 is 2.47 bits per heavy atom. The van der Waals surface area contributed by atoms with Crippen LogP contribution in [0.15, 0.2) is 4.99 Å². The SMILES string of the molecule is CC(C)C1CSC(=NCC2CCOC2)N1. The highest BCUT2D eigenvalue weighted by molar-refractivity contribution is 8.14. The maximum atomic E-state index is 5.34. The van der Waals surface area contributed by atoms with E-state index in [1.807, 2.05) is 11.8 Å². The Labute approximate surface area is 96.1 Å². The van der Waals surface area contributed by atoms with E-state index in [-0.39, 0.29) is 0 Å². The number of nitrogens with zero attached hydrogens (tertiary/aromatic N) is 1. The highest BCUT2D eigenvalue weighted by atomic mass is 32.2. The standard InChI is InChI=1S/C11H20N2OS/c1-8(2)10-7-15-11(13-10)12-5-9-3-4-14-6-9/h8-10H,3-7H2,1-2H3,(H,12,13). The first-order valence-electron chi connectivity index (χ1n) is 5.77. The van der Waals surface area contributed by atoms with E-state index in [0.717, 1.165) is 30.7 Å². The van der Waals surface area contributed by atoms with Gasteiger partial charge in [0.1, 0.15) is 0 Å². The quantitative estimate of drug-likeness (QED) is 0.799. The van der Waals surface area contributed by atoms with Crippen LogP contribution < -0.4 is 5.32 Å². The van der Waals surface area contributed by atoms with Crippen LogP contribution in [0.2, 0.25) is 0 Å². The third kappa shape index (κ3) is 3.11. The molecule has 0 aliphatic carbocycles. The lowest BCUT2D eigenvalue weighted by Gasteiger charge is -2.13. The summed E-state index contributed by atoms with van der Waals surface area (Å²) in [6, 6.07) is 0.605. The fourth-order valence-corrected chi connectivity index (χ4v) is 3.01. The molecule has 0 bridgehead atoms. The molecule has 2 aliphatic rings. The van der Waals surface area contributed by atoms with Crippen molar-refractivity contribution in [2.24, 2.45) is 16.8 Å². The molecule has 2 rings (SSSR count). The highest BCUT2D eigenvalue weighted by Gasteiger charge is 2.23. The number of rotatable bonds is 3. The molecule has 2 fully saturated rings. The molecule has 0 saturated carbocycles. The summed E-state index contributed by atoms with van der Waals surface area (Å²) in [5, 5.41) is 4.63. The Morgan fingerprint density at radius 3 is 3.07 bits per heavy atom. The fourth-order valence-electron chi connectivity index (χ4n) is 1.80. The monoisotopic (exact) mass is 228 g/mol. The van der Waals surface area contributed by atoms with Gasteiger partial charge in [-0.1, -0.05) is 25.6 Å². The highest BCUT2D eigenvalue weighted by Crippen LogP contribution is 2.20. The molecule has 0 aromatic heterocycles. The number of thioether (sulfide) groups is 1. The molecule has 3 nitrogen and oxygen atoms in total. The van der Waals surface area contributed by atoms with Gasteiger partial charge in [-0.15, -0.1) is 0 Å². The van der Waals surface area contributed by atoms with Crippen molar-refractivity contribution in [3.63, 3.8) is 0 Å². The number of aliphatic imine (C=N–C) groups is 1. The van der Waals surface area contributed by atoms with Gasteiger partial charge in [-0.05, 0) is 12.3 Å². The average molecular weight is 228 g/mol. The second kappa shape index (κ2) is 5.21.